The van der Waals surface area contributed by atoms with Crippen LogP contribution in [0.25, 0.3) is 5.69 Å². The van der Waals surface area contributed by atoms with Crippen LogP contribution < -0.4 is 11.1 Å². The lowest BCUT2D eigenvalue weighted by Crippen LogP contribution is -2.36. The maximum absolute atomic E-state index is 11.5. The number of nitrogens with two attached hydrogens (primary N) is 1. The highest BCUT2D eigenvalue weighted by Crippen LogP contribution is 2.26. The van der Waals surface area contributed by atoms with E-state index in [0.29, 0.717) is 11.1 Å². The second-order valence-corrected chi connectivity index (χ2v) is 5.94. The highest BCUT2D eigenvalue weighted by atomic mass is 32.2. The average molecular weight is 318 g/mol. The first-order valence-corrected chi connectivity index (χ1v) is 7.82. The molecule has 3 amide bonds. The smallest absolute Gasteiger partial charge is 0.318 e. The van der Waals surface area contributed by atoms with Gasteiger partial charge in [-0.25, -0.2) is 9.78 Å². The third kappa shape index (κ3) is 3.88. The highest BCUT2D eigenvalue weighted by molar-refractivity contribution is 7.99. The Kier molecular flexibility index (Phi) is 5.21. The quantitative estimate of drug-likeness (QED) is 0.828. The molecule has 0 unspecified atom stereocenters. The molecule has 0 aliphatic carbocycles. The van der Waals surface area contributed by atoms with Crippen molar-refractivity contribution < 1.29 is 9.59 Å². The van der Waals surface area contributed by atoms with Gasteiger partial charge in [-0.1, -0.05) is 43.8 Å². The summed E-state index contributed by atoms with van der Waals surface area (Å²) >= 11 is 1.25. The Balaban J connectivity index is 2.20. The fourth-order valence-corrected chi connectivity index (χ4v) is 2.84. The van der Waals surface area contributed by atoms with Gasteiger partial charge in [-0.15, -0.1) is 0 Å². The summed E-state index contributed by atoms with van der Waals surface area (Å²) in [6, 6.07) is 7.22. The molecule has 0 aliphatic rings. The van der Waals surface area contributed by atoms with Crippen molar-refractivity contribution >= 4 is 23.7 Å². The Labute approximate surface area is 133 Å². The van der Waals surface area contributed by atoms with Gasteiger partial charge in [-0.3, -0.25) is 14.7 Å². The lowest BCUT2D eigenvalue weighted by molar-refractivity contribution is -0.117. The minimum atomic E-state index is -0.848. The summed E-state index contributed by atoms with van der Waals surface area (Å²) in [7, 11) is 0. The van der Waals surface area contributed by atoms with Crippen molar-refractivity contribution in [2.75, 3.05) is 5.75 Å². The second kappa shape index (κ2) is 7.13. The number of nitrogens with one attached hydrogen (secondary N) is 1. The first-order valence-electron chi connectivity index (χ1n) is 6.83. The fourth-order valence-electron chi connectivity index (χ4n) is 2.08. The Morgan fingerprint density at radius 2 is 2.09 bits per heavy atom. The second-order valence-electron chi connectivity index (χ2n) is 4.99. The summed E-state index contributed by atoms with van der Waals surface area (Å²) < 4.78 is 1.94. The largest absolute Gasteiger partial charge is 0.351 e. The summed E-state index contributed by atoms with van der Waals surface area (Å²) in [6.07, 6.45) is 3.54. The van der Waals surface area contributed by atoms with Gasteiger partial charge in [0, 0.05) is 12.4 Å². The highest BCUT2D eigenvalue weighted by Gasteiger charge is 2.13. The number of carbonyl (C=O) groups excluding carboxylic acids is 2. The Hall–Kier alpha value is -2.28. The van der Waals surface area contributed by atoms with Crippen LogP contribution in [0, 0.1) is 0 Å². The van der Waals surface area contributed by atoms with Crippen LogP contribution in [-0.2, 0) is 4.79 Å². The zero-order chi connectivity index (χ0) is 16.1. The average Bonchev–Trinajstić information content (AvgIpc) is 2.92. The summed E-state index contributed by atoms with van der Waals surface area (Å²) in [5, 5.41) is 2.72. The van der Waals surface area contributed by atoms with Gasteiger partial charge in [0.1, 0.15) is 0 Å². The van der Waals surface area contributed by atoms with E-state index in [9.17, 15) is 9.59 Å². The molecule has 2 rings (SSSR count). The van der Waals surface area contributed by atoms with Gasteiger partial charge in [-0.05, 0) is 17.5 Å². The number of amides is 3. The van der Waals surface area contributed by atoms with Gasteiger partial charge in [-0.2, -0.15) is 0 Å². The zero-order valence-corrected chi connectivity index (χ0v) is 13.3. The molecule has 0 radical (unpaired) electrons. The van der Waals surface area contributed by atoms with Crippen LogP contribution in [0.1, 0.15) is 25.3 Å². The van der Waals surface area contributed by atoms with E-state index in [0.717, 1.165) is 5.69 Å². The number of nitrogens with zero attached hydrogens (tertiary/aromatic N) is 2. The van der Waals surface area contributed by atoms with E-state index in [1.54, 1.807) is 6.20 Å². The van der Waals surface area contributed by atoms with E-state index >= 15 is 0 Å². The van der Waals surface area contributed by atoms with Crippen molar-refractivity contribution in [3.8, 4) is 5.69 Å². The molecular weight excluding hydrogens is 300 g/mol. The van der Waals surface area contributed by atoms with Crippen LogP contribution in [0.3, 0.4) is 0 Å². The van der Waals surface area contributed by atoms with Crippen LogP contribution in [0.15, 0.2) is 41.8 Å². The monoisotopic (exact) mass is 318 g/mol. The maximum atomic E-state index is 11.5. The molecule has 0 spiro atoms. The maximum Gasteiger partial charge on any atom is 0.318 e. The van der Waals surface area contributed by atoms with E-state index in [4.69, 9.17) is 5.73 Å². The Morgan fingerprint density at radius 1 is 1.36 bits per heavy atom. The zero-order valence-electron chi connectivity index (χ0n) is 12.4. The molecule has 116 valence electrons. The minimum absolute atomic E-state index is 0.0732. The van der Waals surface area contributed by atoms with Crippen LogP contribution in [0.5, 0.6) is 0 Å². The Morgan fingerprint density at radius 3 is 2.77 bits per heavy atom. The molecule has 7 heteroatoms. The number of para-hydroxylation sites is 1. The van der Waals surface area contributed by atoms with E-state index in [1.807, 2.05) is 34.3 Å². The molecule has 0 atom stereocenters. The van der Waals surface area contributed by atoms with E-state index in [-0.39, 0.29) is 5.75 Å². The number of benzene rings is 1. The number of aromatic nitrogens is 2. The number of primary amides is 1. The van der Waals surface area contributed by atoms with Gasteiger partial charge in [0.2, 0.25) is 5.91 Å². The summed E-state index contributed by atoms with van der Waals surface area (Å²) in [6.45, 7) is 4.26. The molecule has 0 saturated heterocycles. The van der Waals surface area contributed by atoms with E-state index in [1.165, 1.54) is 17.3 Å². The van der Waals surface area contributed by atoms with Gasteiger partial charge < -0.3 is 5.73 Å². The van der Waals surface area contributed by atoms with Crippen molar-refractivity contribution in [2.24, 2.45) is 5.73 Å². The Bertz CT molecular complexity index is 682. The summed E-state index contributed by atoms with van der Waals surface area (Å²) in [5.74, 6) is 0.00266. The number of rotatable bonds is 5. The van der Waals surface area contributed by atoms with Crippen molar-refractivity contribution in [3.05, 3.63) is 42.2 Å². The first-order chi connectivity index (χ1) is 10.5. The molecule has 1 aromatic carbocycles. The number of thioether (sulfide) groups is 1. The molecule has 0 fully saturated rings. The van der Waals surface area contributed by atoms with Crippen molar-refractivity contribution in [1.29, 1.82) is 0 Å². The van der Waals surface area contributed by atoms with Crippen molar-refractivity contribution in [3.63, 3.8) is 0 Å². The minimum Gasteiger partial charge on any atom is -0.351 e. The normalized spacial score (nSPS) is 10.7. The molecule has 1 heterocycles. The number of imidazole rings is 1. The molecule has 3 N–H and O–H groups in total. The molecule has 6 nitrogen and oxygen atoms in total. The SMILES string of the molecule is CC(C)c1ccccc1-n1ccnc1SCC(=O)NC(N)=O. The number of hydrogen-bond acceptors (Lipinski definition) is 4. The molecule has 0 saturated carbocycles. The molecule has 0 bridgehead atoms. The molecule has 22 heavy (non-hydrogen) atoms. The summed E-state index contributed by atoms with van der Waals surface area (Å²) in [5.41, 5.74) is 7.15. The number of imide groups is 1. The lowest BCUT2D eigenvalue weighted by Gasteiger charge is -2.15. The van der Waals surface area contributed by atoms with E-state index in [2.05, 4.69) is 24.9 Å². The number of hydrogen-bond donors (Lipinski definition) is 2. The van der Waals surface area contributed by atoms with Crippen molar-refractivity contribution in [1.82, 2.24) is 14.9 Å². The molecular formula is C15H18N4O2S. The van der Waals surface area contributed by atoms with Gasteiger partial charge in [0.05, 0.1) is 11.4 Å². The molecule has 0 aliphatic heterocycles. The third-order valence-corrected chi connectivity index (χ3v) is 3.99. The standard InChI is InChI=1S/C15H18N4O2S/c1-10(2)11-5-3-4-6-12(11)19-8-7-17-15(19)22-9-13(20)18-14(16)21/h3-8,10H,9H2,1-2H3,(H3,16,18,20,21). The van der Waals surface area contributed by atoms with Crippen LogP contribution >= 0.6 is 11.8 Å². The third-order valence-electron chi connectivity index (χ3n) is 3.02. The van der Waals surface area contributed by atoms with Gasteiger partial charge in [0.15, 0.2) is 5.16 Å². The lowest BCUT2D eigenvalue weighted by atomic mass is 10.0. The van der Waals surface area contributed by atoms with E-state index < -0.39 is 11.9 Å². The first kappa shape index (κ1) is 16.1. The fraction of sp³-hybridized carbons (Fsp3) is 0.267. The van der Waals surface area contributed by atoms with Crippen LogP contribution in [0.2, 0.25) is 0 Å². The van der Waals surface area contributed by atoms with Gasteiger partial charge in [0.25, 0.3) is 0 Å². The van der Waals surface area contributed by atoms with Crippen LogP contribution in [0.4, 0.5) is 4.79 Å². The predicted octanol–water partition coefficient (Wildman–Crippen LogP) is 2.28. The number of carbonyl (C=O) groups is 2. The summed E-state index contributed by atoms with van der Waals surface area (Å²) in [4.78, 5) is 26.4. The topological polar surface area (TPSA) is 90.0 Å². The predicted molar refractivity (Wildman–Crippen MR) is 86.1 cm³/mol. The number of urea groups is 1. The van der Waals surface area contributed by atoms with Gasteiger partial charge >= 0.3 is 6.03 Å². The van der Waals surface area contributed by atoms with Crippen LogP contribution in [-0.4, -0.2) is 27.2 Å². The molecule has 1 aromatic heterocycles. The van der Waals surface area contributed by atoms with Crippen molar-refractivity contribution in [2.45, 2.75) is 24.9 Å². The molecule has 2 aromatic rings.